The van der Waals surface area contributed by atoms with E-state index in [0.717, 1.165) is 0 Å². The Morgan fingerprint density at radius 1 is 1.69 bits per heavy atom. The van der Waals surface area contributed by atoms with Crippen LogP contribution in [-0.2, 0) is 14.3 Å². The molecule has 0 amide bonds. The molecule has 0 saturated carbocycles. The van der Waals surface area contributed by atoms with Gasteiger partial charge in [-0.2, -0.15) is 0 Å². The Hall–Kier alpha value is -1.58. The first-order valence-electron chi connectivity index (χ1n) is 3.97. The van der Waals surface area contributed by atoms with Gasteiger partial charge in [0.1, 0.15) is 0 Å². The summed E-state index contributed by atoms with van der Waals surface area (Å²) in [5.41, 5.74) is 0.110. The van der Waals surface area contributed by atoms with E-state index < -0.39 is 11.7 Å². The van der Waals surface area contributed by atoms with Gasteiger partial charge in [0.05, 0.1) is 12.2 Å². The average molecular weight is 182 g/mol. The SMILES string of the molecule is CCOC(=O)C(O)=C1CC=CC1=O. The predicted molar refractivity (Wildman–Crippen MR) is 45.1 cm³/mol. The van der Waals surface area contributed by atoms with E-state index in [4.69, 9.17) is 0 Å². The first-order valence-corrected chi connectivity index (χ1v) is 3.97. The molecule has 1 aliphatic rings. The van der Waals surface area contributed by atoms with Crippen LogP contribution in [0, 0.1) is 0 Å². The van der Waals surface area contributed by atoms with Gasteiger partial charge in [-0.25, -0.2) is 4.79 Å². The first kappa shape index (κ1) is 9.51. The topological polar surface area (TPSA) is 63.6 Å². The second-order valence-corrected chi connectivity index (χ2v) is 2.52. The van der Waals surface area contributed by atoms with Gasteiger partial charge in [0, 0.05) is 0 Å². The van der Waals surface area contributed by atoms with Crippen molar-refractivity contribution in [3.05, 3.63) is 23.5 Å². The zero-order valence-electron chi connectivity index (χ0n) is 7.24. The molecule has 70 valence electrons. The summed E-state index contributed by atoms with van der Waals surface area (Å²) in [5, 5.41) is 9.26. The number of rotatable bonds is 2. The molecule has 0 heterocycles. The van der Waals surface area contributed by atoms with Gasteiger partial charge in [-0.05, 0) is 19.4 Å². The van der Waals surface area contributed by atoms with Gasteiger partial charge in [0.25, 0.3) is 0 Å². The zero-order chi connectivity index (χ0) is 9.84. The van der Waals surface area contributed by atoms with Crippen LogP contribution in [0.25, 0.3) is 0 Å². The number of aliphatic hydroxyl groups excluding tert-OH is 1. The average Bonchev–Trinajstić information content (AvgIpc) is 2.50. The number of esters is 1. The van der Waals surface area contributed by atoms with E-state index in [9.17, 15) is 14.7 Å². The van der Waals surface area contributed by atoms with Gasteiger partial charge in [0.15, 0.2) is 5.78 Å². The quantitative estimate of drug-likeness (QED) is 0.391. The highest BCUT2D eigenvalue weighted by atomic mass is 16.5. The number of ether oxygens (including phenoxy) is 1. The number of aliphatic hydroxyl groups is 1. The monoisotopic (exact) mass is 182 g/mol. The summed E-state index contributed by atoms with van der Waals surface area (Å²) in [5.74, 6) is -1.74. The molecule has 1 N–H and O–H groups in total. The highest BCUT2D eigenvalue weighted by molar-refractivity contribution is 6.10. The third kappa shape index (κ3) is 1.96. The standard InChI is InChI=1S/C9H10O4/c1-2-13-9(12)8(11)6-4-3-5-7(6)10/h3,5,11H,2,4H2,1H3. The summed E-state index contributed by atoms with van der Waals surface area (Å²) in [6.07, 6.45) is 3.21. The fraction of sp³-hybridized carbons (Fsp3) is 0.333. The minimum Gasteiger partial charge on any atom is -0.502 e. The van der Waals surface area contributed by atoms with E-state index in [2.05, 4.69) is 4.74 Å². The van der Waals surface area contributed by atoms with Gasteiger partial charge in [-0.15, -0.1) is 0 Å². The summed E-state index contributed by atoms with van der Waals surface area (Å²) >= 11 is 0. The molecule has 4 heteroatoms. The van der Waals surface area contributed by atoms with Gasteiger partial charge in [0.2, 0.25) is 5.76 Å². The Balaban J connectivity index is 2.80. The smallest absolute Gasteiger partial charge is 0.373 e. The fourth-order valence-electron chi connectivity index (χ4n) is 1.02. The molecule has 0 radical (unpaired) electrons. The van der Waals surface area contributed by atoms with Crippen molar-refractivity contribution >= 4 is 11.8 Å². The maximum Gasteiger partial charge on any atom is 0.373 e. The van der Waals surface area contributed by atoms with Crippen LogP contribution in [0.4, 0.5) is 0 Å². The molecule has 0 spiro atoms. The van der Waals surface area contributed by atoms with Crippen molar-refractivity contribution in [1.29, 1.82) is 0 Å². The first-order chi connectivity index (χ1) is 6.16. The minimum absolute atomic E-state index is 0.110. The van der Waals surface area contributed by atoms with Crippen LogP contribution >= 0.6 is 0 Å². The molecule has 0 saturated heterocycles. The molecular formula is C9H10O4. The van der Waals surface area contributed by atoms with Crippen LogP contribution in [-0.4, -0.2) is 23.5 Å². The molecule has 0 bridgehead atoms. The van der Waals surface area contributed by atoms with Gasteiger partial charge in [-0.1, -0.05) is 6.08 Å². The van der Waals surface area contributed by atoms with Crippen LogP contribution < -0.4 is 0 Å². The van der Waals surface area contributed by atoms with E-state index in [1.807, 2.05) is 0 Å². The summed E-state index contributed by atoms with van der Waals surface area (Å²) in [4.78, 5) is 22.0. The lowest BCUT2D eigenvalue weighted by molar-refractivity contribution is -0.141. The van der Waals surface area contributed by atoms with Crippen molar-refractivity contribution in [1.82, 2.24) is 0 Å². The summed E-state index contributed by atoms with van der Waals surface area (Å²) < 4.78 is 4.54. The van der Waals surface area contributed by atoms with Crippen molar-refractivity contribution < 1.29 is 19.4 Å². The summed E-state index contributed by atoms with van der Waals surface area (Å²) in [7, 11) is 0. The number of ketones is 1. The number of carbonyl (C=O) groups is 2. The normalized spacial score (nSPS) is 19.0. The molecular weight excluding hydrogens is 172 g/mol. The summed E-state index contributed by atoms with van der Waals surface area (Å²) in [6, 6.07) is 0. The molecule has 13 heavy (non-hydrogen) atoms. The van der Waals surface area contributed by atoms with Crippen LogP contribution in [0.3, 0.4) is 0 Å². The Morgan fingerprint density at radius 2 is 2.38 bits per heavy atom. The zero-order valence-corrected chi connectivity index (χ0v) is 7.24. The van der Waals surface area contributed by atoms with Crippen LogP contribution in [0.1, 0.15) is 13.3 Å². The Bertz CT molecular complexity index is 299. The molecule has 0 aromatic rings. The van der Waals surface area contributed by atoms with Crippen molar-refractivity contribution in [3.8, 4) is 0 Å². The highest BCUT2D eigenvalue weighted by Crippen LogP contribution is 2.16. The van der Waals surface area contributed by atoms with Crippen LogP contribution in [0.5, 0.6) is 0 Å². The molecule has 4 nitrogen and oxygen atoms in total. The lowest BCUT2D eigenvalue weighted by Crippen LogP contribution is -2.11. The number of hydrogen-bond acceptors (Lipinski definition) is 4. The van der Waals surface area contributed by atoms with Gasteiger partial charge >= 0.3 is 5.97 Å². The lowest BCUT2D eigenvalue weighted by Gasteiger charge is -2.02. The predicted octanol–water partition coefficient (Wildman–Crippen LogP) is 0.891. The molecule has 1 rings (SSSR count). The van der Waals surface area contributed by atoms with Gasteiger partial charge in [-0.3, -0.25) is 4.79 Å². The molecule has 0 aliphatic heterocycles. The van der Waals surface area contributed by atoms with Crippen molar-refractivity contribution in [2.24, 2.45) is 0 Å². The van der Waals surface area contributed by atoms with E-state index >= 15 is 0 Å². The maximum absolute atomic E-state index is 11.0. The molecule has 0 atom stereocenters. The third-order valence-corrected chi connectivity index (χ3v) is 1.64. The van der Waals surface area contributed by atoms with Gasteiger partial charge < -0.3 is 9.84 Å². The Kier molecular flexibility index (Phi) is 2.84. The largest absolute Gasteiger partial charge is 0.502 e. The second kappa shape index (κ2) is 3.89. The van der Waals surface area contributed by atoms with E-state index in [-0.39, 0.29) is 18.0 Å². The third-order valence-electron chi connectivity index (χ3n) is 1.64. The number of hydrogen-bond donors (Lipinski definition) is 1. The fourth-order valence-corrected chi connectivity index (χ4v) is 1.02. The Morgan fingerprint density at radius 3 is 2.85 bits per heavy atom. The highest BCUT2D eigenvalue weighted by Gasteiger charge is 2.21. The van der Waals surface area contributed by atoms with Crippen molar-refractivity contribution in [3.63, 3.8) is 0 Å². The number of carbonyl (C=O) groups excluding carboxylic acids is 2. The lowest BCUT2D eigenvalue weighted by atomic mass is 10.1. The molecule has 0 aromatic carbocycles. The van der Waals surface area contributed by atoms with Crippen molar-refractivity contribution in [2.75, 3.05) is 6.61 Å². The van der Waals surface area contributed by atoms with Crippen LogP contribution in [0.2, 0.25) is 0 Å². The molecule has 0 fully saturated rings. The second-order valence-electron chi connectivity index (χ2n) is 2.52. The molecule has 0 unspecified atom stereocenters. The summed E-state index contributed by atoms with van der Waals surface area (Å²) in [6.45, 7) is 1.81. The Labute approximate surface area is 75.5 Å². The number of allylic oxidation sites excluding steroid dienone is 3. The van der Waals surface area contributed by atoms with Crippen molar-refractivity contribution in [2.45, 2.75) is 13.3 Å². The van der Waals surface area contributed by atoms with E-state index in [0.29, 0.717) is 6.42 Å². The van der Waals surface area contributed by atoms with E-state index in [1.54, 1.807) is 13.0 Å². The maximum atomic E-state index is 11.0. The molecule has 1 aliphatic carbocycles. The van der Waals surface area contributed by atoms with E-state index in [1.165, 1.54) is 6.08 Å². The molecule has 0 aromatic heterocycles. The minimum atomic E-state index is -0.838. The van der Waals surface area contributed by atoms with Crippen LogP contribution in [0.15, 0.2) is 23.5 Å².